The SMILES string of the molecule is CNCC(C)C(=O)NC1CCCN(Cc2c(F)cccc2F)C1. The van der Waals surface area contributed by atoms with E-state index in [4.69, 9.17) is 0 Å². The third-order valence-corrected chi connectivity index (χ3v) is 4.25. The highest BCUT2D eigenvalue weighted by Crippen LogP contribution is 2.18. The molecule has 2 rings (SSSR count). The molecule has 1 aliphatic rings. The number of nitrogens with one attached hydrogen (secondary N) is 2. The Hall–Kier alpha value is -1.53. The van der Waals surface area contributed by atoms with Crippen LogP contribution >= 0.6 is 0 Å². The minimum Gasteiger partial charge on any atom is -0.352 e. The molecule has 1 aromatic carbocycles. The highest BCUT2D eigenvalue weighted by atomic mass is 19.1. The van der Waals surface area contributed by atoms with Crippen LogP contribution in [-0.2, 0) is 11.3 Å². The molecule has 2 atom stereocenters. The average Bonchev–Trinajstić information content (AvgIpc) is 2.52. The van der Waals surface area contributed by atoms with Crippen molar-refractivity contribution < 1.29 is 13.6 Å². The summed E-state index contributed by atoms with van der Waals surface area (Å²) in [5.41, 5.74) is 0.100. The van der Waals surface area contributed by atoms with Crippen LogP contribution in [0.15, 0.2) is 18.2 Å². The van der Waals surface area contributed by atoms with Gasteiger partial charge in [0.2, 0.25) is 5.91 Å². The Balaban J connectivity index is 1.92. The lowest BCUT2D eigenvalue weighted by Crippen LogP contribution is -2.49. The minimum absolute atomic E-state index is 0.0169. The molecule has 0 aromatic heterocycles. The van der Waals surface area contributed by atoms with E-state index in [9.17, 15) is 13.6 Å². The van der Waals surface area contributed by atoms with E-state index in [0.717, 1.165) is 19.4 Å². The van der Waals surface area contributed by atoms with Gasteiger partial charge in [-0.25, -0.2) is 8.78 Å². The highest BCUT2D eigenvalue weighted by molar-refractivity contribution is 5.78. The Morgan fingerprint density at radius 3 is 2.74 bits per heavy atom. The first-order valence-corrected chi connectivity index (χ1v) is 8.11. The Morgan fingerprint density at radius 1 is 1.39 bits per heavy atom. The lowest BCUT2D eigenvalue weighted by Gasteiger charge is -2.33. The van der Waals surface area contributed by atoms with Gasteiger partial charge in [-0.3, -0.25) is 9.69 Å². The third kappa shape index (κ3) is 4.97. The maximum absolute atomic E-state index is 13.8. The average molecular weight is 325 g/mol. The number of carbonyl (C=O) groups is 1. The molecule has 6 heteroatoms. The van der Waals surface area contributed by atoms with Gasteiger partial charge in [-0.1, -0.05) is 13.0 Å². The lowest BCUT2D eigenvalue weighted by atomic mass is 10.0. The van der Waals surface area contributed by atoms with Gasteiger partial charge in [-0.15, -0.1) is 0 Å². The zero-order valence-electron chi connectivity index (χ0n) is 13.7. The maximum Gasteiger partial charge on any atom is 0.224 e. The van der Waals surface area contributed by atoms with Crippen LogP contribution in [0, 0.1) is 17.6 Å². The summed E-state index contributed by atoms with van der Waals surface area (Å²) in [7, 11) is 1.81. The fourth-order valence-electron chi connectivity index (χ4n) is 2.97. The summed E-state index contributed by atoms with van der Waals surface area (Å²) in [5.74, 6) is -1.11. The van der Waals surface area contributed by atoms with Gasteiger partial charge < -0.3 is 10.6 Å². The molecule has 128 valence electrons. The fraction of sp³-hybridized carbons (Fsp3) is 0.588. The van der Waals surface area contributed by atoms with Gasteiger partial charge in [0.1, 0.15) is 11.6 Å². The standard InChI is InChI=1S/C17H25F2N3O/c1-12(9-20-2)17(23)21-13-5-4-8-22(10-13)11-14-15(18)6-3-7-16(14)19/h3,6-7,12-13,20H,4-5,8-11H2,1-2H3,(H,21,23). The van der Waals surface area contributed by atoms with Crippen LogP contribution in [-0.4, -0.2) is 43.5 Å². The predicted molar refractivity (Wildman–Crippen MR) is 85.9 cm³/mol. The summed E-state index contributed by atoms with van der Waals surface area (Å²) in [6.45, 7) is 4.14. The van der Waals surface area contributed by atoms with Crippen molar-refractivity contribution in [3.8, 4) is 0 Å². The third-order valence-electron chi connectivity index (χ3n) is 4.25. The second kappa shape index (κ2) is 8.36. The van der Waals surface area contributed by atoms with E-state index in [0.29, 0.717) is 13.1 Å². The van der Waals surface area contributed by atoms with Gasteiger partial charge in [-0.2, -0.15) is 0 Å². The molecule has 0 spiro atoms. The van der Waals surface area contributed by atoms with E-state index in [-0.39, 0.29) is 30.0 Å². The van der Waals surface area contributed by atoms with E-state index in [1.807, 2.05) is 18.9 Å². The molecule has 0 bridgehead atoms. The first-order chi connectivity index (χ1) is 11.0. The number of hydrogen-bond acceptors (Lipinski definition) is 3. The molecular weight excluding hydrogens is 300 g/mol. The molecule has 2 N–H and O–H groups in total. The van der Waals surface area contributed by atoms with E-state index in [1.165, 1.54) is 18.2 Å². The van der Waals surface area contributed by atoms with Crippen LogP contribution in [0.25, 0.3) is 0 Å². The van der Waals surface area contributed by atoms with Gasteiger partial charge in [0.05, 0.1) is 0 Å². The number of nitrogens with zero attached hydrogens (tertiary/aromatic N) is 1. The molecule has 0 aliphatic carbocycles. The summed E-state index contributed by atoms with van der Waals surface area (Å²) >= 11 is 0. The molecule has 1 aromatic rings. The molecule has 1 heterocycles. The van der Waals surface area contributed by atoms with E-state index in [2.05, 4.69) is 10.6 Å². The highest BCUT2D eigenvalue weighted by Gasteiger charge is 2.24. The summed E-state index contributed by atoms with van der Waals surface area (Å²) in [6, 6.07) is 3.96. The van der Waals surface area contributed by atoms with Crippen molar-refractivity contribution in [3.05, 3.63) is 35.4 Å². The zero-order chi connectivity index (χ0) is 16.8. The summed E-state index contributed by atoms with van der Waals surface area (Å²) in [4.78, 5) is 14.1. The van der Waals surface area contributed by atoms with Crippen LogP contribution in [0.5, 0.6) is 0 Å². The predicted octanol–water partition coefficient (Wildman–Crippen LogP) is 1.90. The van der Waals surface area contributed by atoms with Crippen LogP contribution in [0.3, 0.4) is 0 Å². The number of piperidine rings is 1. The first kappa shape index (κ1) is 17.8. The number of amides is 1. The molecule has 2 unspecified atom stereocenters. The van der Waals surface area contributed by atoms with E-state index in [1.54, 1.807) is 0 Å². The van der Waals surface area contributed by atoms with Gasteiger partial charge in [-0.05, 0) is 38.6 Å². The van der Waals surface area contributed by atoms with Gasteiger partial charge in [0.15, 0.2) is 0 Å². The molecule has 1 saturated heterocycles. The van der Waals surface area contributed by atoms with Crippen LogP contribution < -0.4 is 10.6 Å². The van der Waals surface area contributed by atoms with Crippen molar-refractivity contribution in [2.24, 2.45) is 5.92 Å². The number of halogens is 2. The molecule has 0 radical (unpaired) electrons. The molecule has 1 amide bonds. The minimum atomic E-state index is -0.515. The largest absolute Gasteiger partial charge is 0.352 e. The quantitative estimate of drug-likeness (QED) is 0.840. The van der Waals surface area contributed by atoms with E-state index < -0.39 is 11.6 Å². The van der Waals surface area contributed by atoms with Gasteiger partial charge >= 0.3 is 0 Å². The Morgan fingerprint density at radius 2 is 2.09 bits per heavy atom. The Bertz CT molecular complexity index is 518. The molecular formula is C17H25F2N3O. The lowest BCUT2D eigenvalue weighted by molar-refractivity contribution is -0.125. The zero-order valence-corrected chi connectivity index (χ0v) is 13.7. The molecule has 1 fully saturated rings. The monoisotopic (exact) mass is 325 g/mol. The van der Waals surface area contributed by atoms with Crippen LogP contribution in [0.1, 0.15) is 25.3 Å². The number of hydrogen-bond donors (Lipinski definition) is 2. The van der Waals surface area contributed by atoms with E-state index >= 15 is 0 Å². The fourth-order valence-corrected chi connectivity index (χ4v) is 2.97. The molecule has 0 saturated carbocycles. The van der Waals surface area contributed by atoms with Crippen molar-refractivity contribution in [2.45, 2.75) is 32.4 Å². The molecule has 4 nitrogen and oxygen atoms in total. The number of likely N-dealkylation sites (tertiary alicyclic amines) is 1. The second-order valence-corrected chi connectivity index (χ2v) is 6.24. The topological polar surface area (TPSA) is 44.4 Å². The molecule has 1 aliphatic heterocycles. The van der Waals surface area contributed by atoms with Crippen molar-refractivity contribution in [3.63, 3.8) is 0 Å². The normalized spacial score (nSPS) is 20.3. The number of rotatable bonds is 6. The number of carbonyl (C=O) groups excluding carboxylic acids is 1. The summed E-state index contributed by atoms with van der Waals surface area (Å²) in [5, 5.41) is 6.03. The number of benzene rings is 1. The second-order valence-electron chi connectivity index (χ2n) is 6.24. The summed E-state index contributed by atoms with van der Waals surface area (Å²) in [6.07, 6.45) is 1.80. The Labute approximate surface area is 136 Å². The smallest absolute Gasteiger partial charge is 0.224 e. The van der Waals surface area contributed by atoms with Crippen molar-refractivity contribution in [1.29, 1.82) is 0 Å². The van der Waals surface area contributed by atoms with Crippen molar-refractivity contribution >= 4 is 5.91 Å². The van der Waals surface area contributed by atoms with Gasteiger partial charge in [0, 0.05) is 37.2 Å². The van der Waals surface area contributed by atoms with Gasteiger partial charge in [0.25, 0.3) is 0 Å². The first-order valence-electron chi connectivity index (χ1n) is 8.11. The van der Waals surface area contributed by atoms with Crippen LogP contribution in [0.2, 0.25) is 0 Å². The van der Waals surface area contributed by atoms with Crippen LogP contribution in [0.4, 0.5) is 8.78 Å². The maximum atomic E-state index is 13.8. The Kier molecular flexibility index (Phi) is 6.47. The van der Waals surface area contributed by atoms with Crippen molar-refractivity contribution in [2.75, 3.05) is 26.7 Å². The summed E-state index contributed by atoms with van der Waals surface area (Å²) < 4.78 is 27.5. The van der Waals surface area contributed by atoms with Crippen molar-refractivity contribution in [1.82, 2.24) is 15.5 Å². The molecule has 23 heavy (non-hydrogen) atoms.